The topological polar surface area (TPSA) is 45.7 Å². The SMILES string of the molecule is CCNC(=NCc1ccc(Cl)cc1OCC)NCC.I. The predicted octanol–water partition coefficient (Wildman–Crippen LogP) is 3.43. The Morgan fingerprint density at radius 1 is 1.20 bits per heavy atom. The molecule has 0 bridgehead atoms. The maximum absolute atomic E-state index is 5.97. The Hall–Kier alpha value is -0.690. The number of rotatable bonds is 6. The smallest absolute Gasteiger partial charge is 0.191 e. The van der Waals surface area contributed by atoms with Crippen LogP contribution in [-0.2, 0) is 6.54 Å². The third kappa shape index (κ3) is 6.65. The van der Waals surface area contributed by atoms with Gasteiger partial charge < -0.3 is 15.4 Å². The Labute approximate surface area is 143 Å². The fourth-order valence-corrected chi connectivity index (χ4v) is 1.78. The van der Waals surface area contributed by atoms with E-state index in [2.05, 4.69) is 15.6 Å². The van der Waals surface area contributed by atoms with Crippen LogP contribution in [0.3, 0.4) is 0 Å². The minimum atomic E-state index is 0. The highest BCUT2D eigenvalue weighted by molar-refractivity contribution is 14.0. The van der Waals surface area contributed by atoms with E-state index in [0.717, 1.165) is 30.4 Å². The standard InChI is InChI=1S/C14H22ClN3O.HI/c1-4-16-14(17-5-2)18-10-11-7-8-12(15)9-13(11)19-6-3;/h7-9H,4-6,10H2,1-3H3,(H2,16,17,18);1H. The van der Waals surface area contributed by atoms with Gasteiger partial charge >= 0.3 is 0 Å². The van der Waals surface area contributed by atoms with E-state index in [0.29, 0.717) is 18.2 Å². The molecule has 0 amide bonds. The molecule has 6 heteroatoms. The molecule has 0 aliphatic heterocycles. The van der Waals surface area contributed by atoms with E-state index < -0.39 is 0 Å². The van der Waals surface area contributed by atoms with Gasteiger partial charge in [0.15, 0.2) is 5.96 Å². The van der Waals surface area contributed by atoms with Crippen LogP contribution >= 0.6 is 35.6 Å². The molecule has 0 fully saturated rings. The Kier molecular flexibility index (Phi) is 10.6. The zero-order valence-electron chi connectivity index (χ0n) is 12.2. The molecule has 0 unspecified atom stereocenters. The molecule has 0 aromatic heterocycles. The van der Waals surface area contributed by atoms with Crippen molar-refractivity contribution in [3.63, 3.8) is 0 Å². The summed E-state index contributed by atoms with van der Waals surface area (Å²) in [5, 5.41) is 7.05. The second kappa shape index (κ2) is 11.0. The maximum atomic E-state index is 5.97. The maximum Gasteiger partial charge on any atom is 0.191 e. The Balaban J connectivity index is 0.00000361. The van der Waals surface area contributed by atoms with Gasteiger partial charge in [-0.3, -0.25) is 0 Å². The molecule has 0 saturated heterocycles. The van der Waals surface area contributed by atoms with Crippen LogP contribution in [0.15, 0.2) is 23.2 Å². The zero-order valence-corrected chi connectivity index (χ0v) is 15.3. The van der Waals surface area contributed by atoms with E-state index in [9.17, 15) is 0 Å². The lowest BCUT2D eigenvalue weighted by Crippen LogP contribution is -2.36. The van der Waals surface area contributed by atoms with Gasteiger partial charge in [0.25, 0.3) is 0 Å². The van der Waals surface area contributed by atoms with Gasteiger partial charge in [-0.2, -0.15) is 0 Å². The largest absolute Gasteiger partial charge is 0.493 e. The van der Waals surface area contributed by atoms with Gasteiger partial charge in [0.05, 0.1) is 13.2 Å². The lowest BCUT2D eigenvalue weighted by molar-refractivity contribution is 0.336. The van der Waals surface area contributed by atoms with Crippen LogP contribution in [0.5, 0.6) is 5.75 Å². The number of nitrogens with zero attached hydrogens (tertiary/aromatic N) is 1. The number of guanidine groups is 1. The Bertz CT molecular complexity index is 419. The van der Waals surface area contributed by atoms with Crippen LogP contribution in [0.2, 0.25) is 5.02 Å². The summed E-state index contributed by atoms with van der Waals surface area (Å²) >= 11 is 5.97. The van der Waals surface area contributed by atoms with E-state index in [-0.39, 0.29) is 24.0 Å². The number of nitrogens with one attached hydrogen (secondary N) is 2. The average Bonchev–Trinajstić information content (AvgIpc) is 2.38. The molecule has 0 heterocycles. The second-order valence-electron chi connectivity index (χ2n) is 3.91. The van der Waals surface area contributed by atoms with Gasteiger partial charge in [0.2, 0.25) is 0 Å². The number of aliphatic imine (C=N–C) groups is 1. The van der Waals surface area contributed by atoms with E-state index in [1.165, 1.54) is 0 Å². The van der Waals surface area contributed by atoms with Gasteiger partial charge in [0.1, 0.15) is 5.75 Å². The van der Waals surface area contributed by atoms with Gasteiger partial charge in [-0.25, -0.2) is 4.99 Å². The highest BCUT2D eigenvalue weighted by Gasteiger charge is 2.04. The number of halogens is 2. The van der Waals surface area contributed by atoms with Crippen LogP contribution in [0.25, 0.3) is 0 Å². The fraction of sp³-hybridized carbons (Fsp3) is 0.500. The van der Waals surface area contributed by atoms with Crippen LogP contribution in [0, 0.1) is 0 Å². The zero-order chi connectivity index (χ0) is 14.1. The summed E-state index contributed by atoms with van der Waals surface area (Å²) in [6.45, 7) is 8.89. The normalized spacial score (nSPS) is 9.40. The number of hydrogen-bond donors (Lipinski definition) is 2. The molecule has 2 N–H and O–H groups in total. The van der Waals surface area contributed by atoms with Crippen molar-refractivity contribution in [1.82, 2.24) is 10.6 Å². The van der Waals surface area contributed by atoms with Crippen LogP contribution in [0.4, 0.5) is 0 Å². The highest BCUT2D eigenvalue weighted by atomic mass is 127. The van der Waals surface area contributed by atoms with Crippen molar-refractivity contribution in [2.45, 2.75) is 27.3 Å². The lowest BCUT2D eigenvalue weighted by Gasteiger charge is -2.11. The summed E-state index contributed by atoms with van der Waals surface area (Å²) in [4.78, 5) is 4.52. The summed E-state index contributed by atoms with van der Waals surface area (Å²) in [6, 6.07) is 5.64. The van der Waals surface area contributed by atoms with Crippen molar-refractivity contribution in [2.24, 2.45) is 4.99 Å². The molecule has 0 atom stereocenters. The summed E-state index contributed by atoms with van der Waals surface area (Å²) in [6.07, 6.45) is 0. The van der Waals surface area contributed by atoms with Crippen molar-refractivity contribution >= 4 is 41.5 Å². The molecule has 1 aromatic carbocycles. The first kappa shape index (κ1) is 19.3. The lowest BCUT2D eigenvalue weighted by atomic mass is 10.2. The third-order valence-corrected chi connectivity index (χ3v) is 2.66. The number of ether oxygens (including phenoxy) is 1. The number of benzene rings is 1. The summed E-state index contributed by atoms with van der Waals surface area (Å²) in [7, 11) is 0. The van der Waals surface area contributed by atoms with Crippen molar-refractivity contribution in [1.29, 1.82) is 0 Å². The molecule has 0 spiro atoms. The second-order valence-corrected chi connectivity index (χ2v) is 4.35. The van der Waals surface area contributed by atoms with Crippen molar-refractivity contribution < 1.29 is 4.74 Å². The fourth-order valence-electron chi connectivity index (χ4n) is 1.62. The van der Waals surface area contributed by atoms with E-state index in [1.54, 1.807) is 0 Å². The summed E-state index contributed by atoms with van der Waals surface area (Å²) < 4.78 is 5.58. The molecule has 20 heavy (non-hydrogen) atoms. The molecule has 1 aromatic rings. The quantitative estimate of drug-likeness (QED) is 0.428. The average molecular weight is 412 g/mol. The van der Waals surface area contributed by atoms with Gasteiger partial charge in [-0.1, -0.05) is 17.7 Å². The minimum absolute atomic E-state index is 0. The van der Waals surface area contributed by atoms with Gasteiger partial charge in [-0.15, -0.1) is 24.0 Å². The highest BCUT2D eigenvalue weighted by Crippen LogP contribution is 2.24. The van der Waals surface area contributed by atoms with Gasteiger partial charge in [0, 0.05) is 23.7 Å². The monoisotopic (exact) mass is 411 g/mol. The molecular formula is C14H23ClIN3O. The molecule has 0 aliphatic rings. The molecule has 0 radical (unpaired) electrons. The number of hydrogen-bond acceptors (Lipinski definition) is 2. The first-order valence-corrected chi connectivity index (χ1v) is 7.02. The predicted molar refractivity (Wildman–Crippen MR) is 96.5 cm³/mol. The van der Waals surface area contributed by atoms with Crippen molar-refractivity contribution in [3.05, 3.63) is 28.8 Å². The van der Waals surface area contributed by atoms with E-state index in [1.807, 2.05) is 39.0 Å². The van der Waals surface area contributed by atoms with Crippen molar-refractivity contribution in [3.8, 4) is 5.75 Å². The molecule has 0 aliphatic carbocycles. The first-order chi connectivity index (χ1) is 9.21. The molecule has 0 saturated carbocycles. The Morgan fingerprint density at radius 3 is 2.40 bits per heavy atom. The summed E-state index contributed by atoms with van der Waals surface area (Å²) in [5.41, 5.74) is 1.03. The molecule has 1 rings (SSSR count). The van der Waals surface area contributed by atoms with Crippen molar-refractivity contribution in [2.75, 3.05) is 19.7 Å². The van der Waals surface area contributed by atoms with Gasteiger partial charge in [-0.05, 0) is 32.9 Å². The van der Waals surface area contributed by atoms with E-state index in [4.69, 9.17) is 16.3 Å². The molecule has 114 valence electrons. The van der Waals surface area contributed by atoms with Crippen LogP contribution in [-0.4, -0.2) is 25.7 Å². The Morgan fingerprint density at radius 2 is 1.85 bits per heavy atom. The minimum Gasteiger partial charge on any atom is -0.493 e. The first-order valence-electron chi connectivity index (χ1n) is 6.64. The summed E-state index contributed by atoms with van der Waals surface area (Å²) in [5.74, 6) is 1.61. The third-order valence-electron chi connectivity index (χ3n) is 2.43. The van der Waals surface area contributed by atoms with Crippen LogP contribution < -0.4 is 15.4 Å². The van der Waals surface area contributed by atoms with E-state index >= 15 is 0 Å². The van der Waals surface area contributed by atoms with Crippen LogP contribution in [0.1, 0.15) is 26.3 Å². The molecular weight excluding hydrogens is 389 g/mol. The molecule has 4 nitrogen and oxygen atoms in total.